The van der Waals surface area contributed by atoms with E-state index in [0.717, 1.165) is 17.1 Å². The van der Waals surface area contributed by atoms with Crippen LogP contribution in [0.25, 0.3) is 0 Å². The van der Waals surface area contributed by atoms with Gasteiger partial charge in [-0.15, -0.1) is 0 Å². The van der Waals surface area contributed by atoms with Crippen LogP contribution in [-0.4, -0.2) is 58.6 Å². The number of hydrogen-bond acceptors (Lipinski definition) is 5. The Labute approximate surface area is 136 Å². The summed E-state index contributed by atoms with van der Waals surface area (Å²) < 4.78 is 36.3. The van der Waals surface area contributed by atoms with Crippen molar-refractivity contribution in [3.8, 4) is 5.75 Å². The van der Waals surface area contributed by atoms with E-state index in [9.17, 15) is 13.2 Å². The summed E-state index contributed by atoms with van der Waals surface area (Å²) in [5.41, 5.74) is 0. The van der Waals surface area contributed by atoms with Crippen LogP contribution in [0, 0.1) is 0 Å². The molecule has 7 nitrogen and oxygen atoms in total. The van der Waals surface area contributed by atoms with Gasteiger partial charge in [0.2, 0.25) is 15.9 Å². The summed E-state index contributed by atoms with van der Waals surface area (Å²) >= 11 is 0. The van der Waals surface area contributed by atoms with Gasteiger partial charge in [-0.2, -0.15) is 4.31 Å². The van der Waals surface area contributed by atoms with Gasteiger partial charge in [-0.3, -0.25) is 4.79 Å². The Balaban J connectivity index is 1.91. The van der Waals surface area contributed by atoms with Crippen molar-refractivity contribution in [2.24, 2.45) is 0 Å². The monoisotopic (exact) mass is 342 g/mol. The van der Waals surface area contributed by atoms with Gasteiger partial charge >= 0.3 is 0 Å². The lowest BCUT2D eigenvalue weighted by Crippen LogP contribution is -2.40. The van der Waals surface area contributed by atoms with E-state index in [1.807, 2.05) is 0 Å². The largest absolute Gasteiger partial charge is 0.497 e. The Hall–Kier alpha value is -1.64. The Morgan fingerprint density at radius 2 is 2.09 bits per heavy atom. The SMILES string of the molecule is COc1ccc(S(=O)(=O)N(C)CC(=O)NC[C@H]2CCCO2)cc1. The van der Waals surface area contributed by atoms with E-state index in [4.69, 9.17) is 9.47 Å². The second-order valence-electron chi connectivity index (χ2n) is 5.38. The van der Waals surface area contributed by atoms with Gasteiger partial charge in [0.15, 0.2) is 0 Å². The highest BCUT2D eigenvalue weighted by atomic mass is 32.2. The minimum absolute atomic E-state index is 0.0300. The number of carbonyl (C=O) groups is 1. The standard InChI is InChI=1S/C15H22N2O5S/c1-17(11-15(18)16-10-13-4-3-9-22-13)23(19,20)14-7-5-12(21-2)6-8-14/h5-8,13H,3-4,9-11H2,1-2H3,(H,16,18)/t13-/m1/s1. The lowest BCUT2D eigenvalue weighted by atomic mass is 10.2. The Kier molecular flexibility index (Phi) is 5.97. The molecule has 0 aromatic heterocycles. The molecule has 0 bridgehead atoms. The lowest BCUT2D eigenvalue weighted by Gasteiger charge is -2.18. The van der Waals surface area contributed by atoms with Gasteiger partial charge in [-0.25, -0.2) is 8.42 Å². The summed E-state index contributed by atoms with van der Waals surface area (Å²) in [5, 5.41) is 2.71. The molecule has 1 aliphatic rings. The average Bonchev–Trinajstić information content (AvgIpc) is 3.06. The summed E-state index contributed by atoms with van der Waals surface area (Å²) in [6.07, 6.45) is 1.94. The molecule has 1 amide bonds. The molecule has 1 heterocycles. The van der Waals surface area contributed by atoms with Gasteiger partial charge in [0.25, 0.3) is 0 Å². The van der Waals surface area contributed by atoms with Crippen LogP contribution in [0.1, 0.15) is 12.8 Å². The summed E-state index contributed by atoms with van der Waals surface area (Å²) in [7, 11) is -0.823. The number of sulfonamides is 1. The second kappa shape index (κ2) is 7.76. The molecule has 128 valence electrons. The number of nitrogens with one attached hydrogen (secondary N) is 1. The Morgan fingerprint density at radius 1 is 1.39 bits per heavy atom. The molecule has 8 heteroatoms. The zero-order valence-electron chi connectivity index (χ0n) is 13.3. The van der Waals surface area contributed by atoms with E-state index in [-0.39, 0.29) is 23.5 Å². The smallest absolute Gasteiger partial charge is 0.243 e. The van der Waals surface area contributed by atoms with Gasteiger partial charge in [-0.1, -0.05) is 0 Å². The van der Waals surface area contributed by atoms with Crippen LogP contribution in [0.3, 0.4) is 0 Å². The molecule has 2 rings (SSSR count). The van der Waals surface area contributed by atoms with Crippen molar-refractivity contribution in [1.29, 1.82) is 0 Å². The van der Waals surface area contributed by atoms with E-state index in [1.54, 1.807) is 12.1 Å². The molecule has 0 saturated carbocycles. The number of benzene rings is 1. The van der Waals surface area contributed by atoms with Crippen molar-refractivity contribution < 1.29 is 22.7 Å². The van der Waals surface area contributed by atoms with E-state index >= 15 is 0 Å². The normalized spacial score (nSPS) is 18.1. The number of likely N-dealkylation sites (N-methyl/N-ethyl adjacent to an activating group) is 1. The predicted octanol–water partition coefficient (Wildman–Crippen LogP) is 0.611. The Bertz CT molecular complexity index is 624. The number of rotatable bonds is 7. The molecule has 0 aliphatic carbocycles. The highest BCUT2D eigenvalue weighted by Crippen LogP contribution is 2.18. The van der Waals surface area contributed by atoms with Gasteiger partial charge in [0.05, 0.1) is 24.7 Å². The van der Waals surface area contributed by atoms with Crippen LogP contribution in [0.15, 0.2) is 29.2 Å². The van der Waals surface area contributed by atoms with Crippen molar-refractivity contribution >= 4 is 15.9 Å². The molecule has 23 heavy (non-hydrogen) atoms. The third-order valence-electron chi connectivity index (χ3n) is 3.68. The lowest BCUT2D eigenvalue weighted by molar-refractivity contribution is -0.121. The number of hydrogen-bond donors (Lipinski definition) is 1. The minimum atomic E-state index is -3.71. The summed E-state index contributed by atoms with van der Waals surface area (Å²) in [6, 6.07) is 6.04. The van der Waals surface area contributed by atoms with E-state index in [0.29, 0.717) is 18.9 Å². The van der Waals surface area contributed by atoms with Crippen LogP contribution in [0.2, 0.25) is 0 Å². The fourth-order valence-corrected chi connectivity index (χ4v) is 3.43. The molecule has 0 radical (unpaired) electrons. The van der Waals surface area contributed by atoms with Crippen molar-refractivity contribution in [3.63, 3.8) is 0 Å². The number of amides is 1. The third kappa shape index (κ3) is 4.66. The zero-order valence-corrected chi connectivity index (χ0v) is 14.1. The first-order valence-corrected chi connectivity index (χ1v) is 8.86. The topological polar surface area (TPSA) is 84.9 Å². The van der Waals surface area contributed by atoms with Gasteiger partial charge in [-0.05, 0) is 37.1 Å². The summed E-state index contributed by atoms with van der Waals surface area (Å²) in [5.74, 6) is 0.223. The first-order valence-electron chi connectivity index (χ1n) is 7.42. The molecule has 1 N–H and O–H groups in total. The van der Waals surface area contributed by atoms with Gasteiger partial charge in [0, 0.05) is 20.2 Å². The van der Waals surface area contributed by atoms with Crippen molar-refractivity contribution in [2.45, 2.75) is 23.8 Å². The van der Waals surface area contributed by atoms with Crippen molar-refractivity contribution in [1.82, 2.24) is 9.62 Å². The molecule has 1 aromatic rings. The molecule has 1 aliphatic heterocycles. The predicted molar refractivity (Wildman–Crippen MR) is 84.8 cm³/mol. The summed E-state index contributed by atoms with van der Waals surface area (Å²) in [6.45, 7) is 0.891. The van der Waals surface area contributed by atoms with Crippen LogP contribution in [-0.2, 0) is 19.6 Å². The number of carbonyl (C=O) groups excluding carboxylic acids is 1. The van der Waals surface area contributed by atoms with Crippen LogP contribution >= 0.6 is 0 Å². The van der Waals surface area contributed by atoms with E-state index in [1.165, 1.54) is 26.3 Å². The van der Waals surface area contributed by atoms with Crippen molar-refractivity contribution in [3.05, 3.63) is 24.3 Å². The zero-order chi connectivity index (χ0) is 16.9. The fourth-order valence-electron chi connectivity index (χ4n) is 2.30. The van der Waals surface area contributed by atoms with Crippen LogP contribution in [0.5, 0.6) is 5.75 Å². The maximum atomic E-state index is 12.4. The molecule has 0 spiro atoms. The average molecular weight is 342 g/mol. The summed E-state index contributed by atoms with van der Waals surface area (Å²) in [4.78, 5) is 12.0. The fraction of sp³-hybridized carbons (Fsp3) is 0.533. The number of methoxy groups -OCH3 is 1. The van der Waals surface area contributed by atoms with Crippen LogP contribution in [0.4, 0.5) is 0 Å². The van der Waals surface area contributed by atoms with Crippen LogP contribution < -0.4 is 10.1 Å². The molecule has 1 saturated heterocycles. The minimum Gasteiger partial charge on any atom is -0.497 e. The van der Waals surface area contributed by atoms with E-state index < -0.39 is 10.0 Å². The number of ether oxygens (including phenoxy) is 2. The first-order chi connectivity index (χ1) is 10.9. The van der Waals surface area contributed by atoms with Crippen molar-refractivity contribution in [2.75, 3.05) is 33.9 Å². The third-order valence-corrected chi connectivity index (χ3v) is 5.50. The molecule has 1 fully saturated rings. The molecular formula is C15H22N2O5S. The highest BCUT2D eigenvalue weighted by molar-refractivity contribution is 7.89. The maximum absolute atomic E-state index is 12.4. The van der Waals surface area contributed by atoms with E-state index in [2.05, 4.69) is 5.32 Å². The molecular weight excluding hydrogens is 320 g/mol. The molecule has 1 aromatic carbocycles. The second-order valence-corrected chi connectivity index (χ2v) is 7.42. The van der Waals surface area contributed by atoms with Gasteiger partial charge in [0.1, 0.15) is 5.75 Å². The molecule has 0 unspecified atom stereocenters. The quantitative estimate of drug-likeness (QED) is 0.785. The Morgan fingerprint density at radius 3 is 2.65 bits per heavy atom. The molecule has 1 atom stereocenters. The highest BCUT2D eigenvalue weighted by Gasteiger charge is 2.23. The maximum Gasteiger partial charge on any atom is 0.243 e. The van der Waals surface area contributed by atoms with Gasteiger partial charge < -0.3 is 14.8 Å². The first kappa shape index (κ1) is 17.7. The number of nitrogens with zero attached hydrogens (tertiary/aromatic N) is 1.